The smallest absolute Gasteiger partial charge is 0.260 e. The normalized spacial score (nSPS) is 12.1. The topological polar surface area (TPSA) is 90.6 Å². The maximum atomic E-state index is 12.0. The van der Waals surface area contributed by atoms with Crippen LogP contribution in [0.3, 0.4) is 0 Å². The summed E-state index contributed by atoms with van der Waals surface area (Å²) in [7, 11) is 0. The molecule has 6 nitrogen and oxygen atoms in total. The lowest BCUT2D eigenvalue weighted by atomic mass is 10.2. The number of hydrogen-bond acceptors (Lipinski definition) is 3. The Labute approximate surface area is 103 Å². The first-order valence-corrected chi connectivity index (χ1v) is 5.70. The molecule has 2 rings (SSSR count). The summed E-state index contributed by atoms with van der Waals surface area (Å²) in [6, 6.07) is 2.87. The Morgan fingerprint density at radius 1 is 1.44 bits per heavy atom. The number of nitrogens with one attached hydrogen (secondary N) is 3. The zero-order chi connectivity index (χ0) is 13.0. The molecule has 94 valence electrons. The van der Waals surface area contributed by atoms with Gasteiger partial charge in [0.1, 0.15) is 11.4 Å². The molecular weight excluding hydrogens is 232 g/mol. The molecule has 0 saturated heterocycles. The SMILES string of the molecule is CCC(NC(=O)c1ccc[nH]c1=O)c1ncc[nH]1. The van der Waals surface area contributed by atoms with E-state index in [4.69, 9.17) is 0 Å². The number of aromatic nitrogens is 3. The zero-order valence-corrected chi connectivity index (χ0v) is 9.93. The molecule has 1 amide bonds. The van der Waals surface area contributed by atoms with Crippen LogP contribution in [0, 0.1) is 0 Å². The lowest BCUT2D eigenvalue weighted by Crippen LogP contribution is -2.32. The molecule has 18 heavy (non-hydrogen) atoms. The second-order valence-electron chi connectivity index (χ2n) is 3.82. The summed E-state index contributed by atoms with van der Waals surface area (Å²) in [5.41, 5.74) is -0.299. The molecule has 3 N–H and O–H groups in total. The maximum Gasteiger partial charge on any atom is 0.260 e. The summed E-state index contributed by atoms with van der Waals surface area (Å²) in [6.45, 7) is 1.93. The van der Waals surface area contributed by atoms with Gasteiger partial charge in [0, 0.05) is 18.6 Å². The number of hydrogen-bond donors (Lipinski definition) is 3. The molecule has 1 atom stereocenters. The van der Waals surface area contributed by atoms with Gasteiger partial charge in [-0.15, -0.1) is 0 Å². The molecule has 0 aromatic carbocycles. The highest BCUT2D eigenvalue weighted by Gasteiger charge is 2.17. The molecule has 2 heterocycles. The molecule has 2 aromatic heterocycles. The van der Waals surface area contributed by atoms with Gasteiger partial charge in [-0.1, -0.05) is 6.92 Å². The van der Waals surface area contributed by atoms with E-state index in [0.717, 1.165) is 0 Å². The van der Waals surface area contributed by atoms with Crippen LogP contribution in [-0.4, -0.2) is 20.9 Å². The van der Waals surface area contributed by atoms with E-state index in [9.17, 15) is 9.59 Å². The summed E-state index contributed by atoms with van der Waals surface area (Å²) in [5, 5.41) is 2.77. The fourth-order valence-electron chi connectivity index (χ4n) is 1.67. The number of rotatable bonds is 4. The van der Waals surface area contributed by atoms with Crippen molar-refractivity contribution in [1.29, 1.82) is 0 Å². The molecule has 0 aliphatic heterocycles. The zero-order valence-electron chi connectivity index (χ0n) is 9.93. The fourth-order valence-corrected chi connectivity index (χ4v) is 1.67. The van der Waals surface area contributed by atoms with Gasteiger partial charge >= 0.3 is 0 Å². The number of H-pyrrole nitrogens is 2. The van der Waals surface area contributed by atoms with E-state index in [1.807, 2.05) is 6.92 Å². The van der Waals surface area contributed by atoms with Crippen molar-refractivity contribution >= 4 is 5.91 Å². The third-order valence-electron chi connectivity index (χ3n) is 2.63. The van der Waals surface area contributed by atoms with Crippen molar-refractivity contribution in [1.82, 2.24) is 20.3 Å². The van der Waals surface area contributed by atoms with Crippen LogP contribution in [-0.2, 0) is 0 Å². The van der Waals surface area contributed by atoms with Crippen LogP contribution in [0.15, 0.2) is 35.5 Å². The number of carbonyl (C=O) groups excluding carboxylic acids is 1. The van der Waals surface area contributed by atoms with Crippen LogP contribution in [0.4, 0.5) is 0 Å². The predicted molar refractivity (Wildman–Crippen MR) is 66.1 cm³/mol. The van der Waals surface area contributed by atoms with Crippen LogP contribution in [0.1, 0.15) is 35.6 Å². The molecule has 0 aliphatic carbocycles. The third-order valence-corrected chi connectivity index (χ3v) is 2.63. The minimum absolute atomic E-state index is 0.0995. The second kappa shape index (κ2) is 5.31. The van der Waals surface area contributed by atoms with E-state index < -0.39 is 11.5 Å². The van der Waals surface area contributed by atoms with Crippen molar-refractivity contribution in [2.24, 2.45) is 0 Å². The van der Waals surface area contributed by atoms with Gasteiger partial charge in [-0.05, 0) is 18.6 Å². The number of amides is 1. The van der Waals surface area contributed by atoms with Gasteiger partial charge in [0.25, 0.3) is 11.5 Å². The maximum absolute atomic E-state index is 12.0. The summed E-state index contributed by atoms with van der Waals surface area (Å²) in [5.74, 6) is 0.276. The van der Waals surface area contributed by atoms with Gasteiger partial charge in [0.05, 0.1) is 6.04 Å². The van der Waals surface area contributed by atoms with Gasteiger partial charge < -0.3 is 15.3 Å². The minimum Gasteiger partial charge on any atom is -0.347 e. The van der Waals surface area contributed by atoms with Crippen LogP contribution in [0.2, 0.25) is 0 Å². The van der Waals surface area contributed by atoms with E-state index in [0.29, 0.717) is 12.2 Å². The molecule has 0 fully saturated rings. The highest BCUT2D eigenvalue weighted by atomic mass is 16.2. The Bertz CT molecular complexity index is 574. The van der Waals surface area contributed by atoms with Crippen molar-refractivity contribution in [3.63, 3.8) is 0 Å². The largest absolute Gasteiger partial charge is 0.347 e. The van der Waals surface area contributed by atoms with Crippen molar-refractivity contribution in [2.75, 3.05) is 0 Å². The third kappa shape index (κ3) is 2.48. The number of nitrogens with zero attached hydrogens (tertiary/aromatic N) is 1. The molecular formula is C12H14N4O2. The summed E-state index contributed by atoms with van der Waals surface area (Å²) < 4.78 is 0. The first-order chi connectivity index (χ1) is 8.72. The molecule has 0 spiro atoms. The Hall–Kier alpha value is -2.37. The lowest BCUT2D eigenvalue weighted by Gasteiger charge is -2.14. The van der Waals surface area contributed by atoms with Crippen molar-refractivity contribution in [2.45, 2.75) is 19.4 Å². The minimum atomic E-state index is -0.403. The van der Waals surface area contributed by atoms with Gasteiger partial charge in [-0.25, -0.2) is 4.98 Å². The van der Waals surface area contributed by atoms with E-state index in [-0.39, 0.29) is 11.6 Å². The van der Waals surface area contributed by atoms with Crippen molar-refractivity contribution < 1.29 is 4.79 Å². The van der Waals surface area contributed by atoms with Crippen molar-refractivity contribution in [3.8, 4) is 0 Å². The lowest BCUT2D eigenvalue weighted by molar-refractivity contribution is 0.0932. The molecule has 0 bridgehead atoms. The Morgan fingerprint density at radius 3 is 2.89 bits per heavy atom. The highest BCUT2D eigenvalue weighted by molar-refractivity contribution is 5.93. The van der Waals surface area contributed by atoms with E-state index in [1.54, 1.807) is 18.5 Å². The van der Waals surface area contributed by atoms with Gasteiger partial charge in [-0.2, -0.15) is 0 Å². The average Bonchev–Trinajstić information content (AvgIpc) is 2.90. The average molecular weight is 246 g/mol. The predicted octanol–water partition coefficient (Wildman–Crippen LogP) is 0.979. The highest BCUT2D eigenvalue weighted by Crippen LogP contribution is 2.11. The number of pyridine rings is 1. The Kier molecular flexibility index (Phi) is 3.57. The molecule has 6 heteroatoms. The fraction of sp³-hybridized carbons (Fsp3) is 0.250. The number of imidazole rings is 1. The molecule has 1 unspecified atom stereocenters. The van der Waals surface area contributed by atoms with Crippen LogP contribution < -0.4 is 10.9 Å². The van der Waals surface area contributed by atoms with Crippen LogP contribution in [0.5, 0.6) is 0 Å². The van der Waals surface area contributed by atoms with Gasteiger partial charge in [0.15, 0.2) is 0 Å². The first-order valence-electron chi connectivity index (χ1n) is 5.70. The van der Waals surface area contributed by atoms with Crippen LogP contribution >= 0.6 is 0 Å². The van der Waals surface area contributed by atoms with E-state index in [1.165, 1.54) is 12.3 Å². The Morgan fingerprint density at radius 2 is 2.28 bits per heavy atom. The van der Waals surface area contributed by atoms with E-state index >= 15 is 0 Å². The standard InChI is InChI=1S/C12H14N4O2/c1-2-9(10-13-6-7-14-10)16-12(18)8-4-3-5-15-11(8)17/h3-7,9H,2H2,1H3,(H,13,14)(H,15,17)(H,16,18). The molecule has 0 saturated carbocycles. The number of carbonyl (C=O) groups is 1. The van der Waals surface area contributed by atoms with Gasteiger partial charge in [-0.3, -0.25) is 9.59 Å². The monoisotopic (exact) mass is 246 g/mol. The molecule has 0 aliphatic rings. The molecule has 2 aromatic rings. The molecule has 0 radical (unpaired) electrons. The second-order valence-corrected chi connectivity index (χ2v) is 3.82. The quantitative estimate of drug-likeness (QED) is 0.751. The summed E-state index contributed by atoms with van der Waals surface area (Å²) >= 11 is 0. The Balaban J connectivity index is 2.16. The number of aromatic amines is 2. The van der Waals surface area contributed by atoms with E-state index in [2.05, 4.69) is 20.3 Å². The van der Waals surface area contributed by atoms with Gasteiger partial charge in [0.2, 0.25) is 0 Å². The first kappa shape index (κ1) is 12.1. The van der Waals surface area contributed by atoms with Crippen molar-refractivity contribution in [3.05, 3.63) is 52.5 Å². The van der Waals surface area contributed by atoms with Crippen LogP contribution in [0.25, 0.3) is 0 Å². The summed E-state index contributed by atoms with van der Waals surface area (Å²) in [4.78, 5) is 32.9. The summed E-state index contributed by atoms with van der Waals surface area (Å²) in [6.07, 6.45) is 5.49.